The molecule has 2 heteroatoms. The van der Waals surface area contributed by atoms with E-state index < -0.39 is 5.60 Å². The minimum Gasteiger partial charge on any atom is -0.389 e. The fraction of sp³-hybridized carbons (Fsp3) is 1.00. The molecule has 94 valence electrons. The second-order valence-electron chi connectivity index (χ2n) is 6.14. The lowest BCUT2D eigenvalue weighted by molar-refractivity contribution is -0.00875. The summed E-state index contributed by atoms with van der Waals surface area (Å²) in [6.07, 6.45) is 8.35. The molecule has 0 spiro atoms. The third-order valence-electron chi connectivity index (χ3n) is 4.53. The summed E-state index contributed by atoms with van der Waals surface area (Å²) in [5.41, 5.74) is -0.408. The Morgan fingerprint density at radius 2 is 1.88 bits per heavy atom. The maximum Gasteiger partial charge on any atom is 0.0771 e. The Hall–Kier alpha value is -0.0800. The van der Waals surface area contributed by atoms with Crippen LogP contribution >= 0.6 is 0 Å². The Morgan fingerprint density at radius 1 is 1.25 bits per heavy atom. The SMILES string of the molecule is CCC(NCC1(O)CCC(C)CC1)C1CC1. The van der Waals surface area contributed by atoms with Crippen molar-refractivity contribution >= 4 is 0 Å². The van der Waals surface area contributed by atoms with Crippen molar-refractivity contribution in [1.82, 2.24) is 5.32 Å². The van der Waals surface area contributed by atoms with E-state index in [0.29, 0.717) is 6.04 Å². The molecule has 1 atom stereocenters. The fourth-order valence-electron chi connectivity index (χ4n) is 2.94. The van der Waals surface area contributed by atoms with Crippen LogP contribution in [0.3, 0.4) is 0 Å². The summed E-state index contributed by atoms with van der Waals surface area (Å²) in [6, 6.07) is 0.656. The Morgan fingerprint density at radius 3 is 2.38 bits per heavy atom. The predicted octanol–water partition coefficient (Wildman–Crippen LogP) is 2.71. The molecule has 2 fully saturated rings. The molecule has 0 aliphatic heterocycles. The highest BCUT2D eigenvalue weighted by atomic mass is 16.3. The van der Waals surface area contributed by atoms with Crippen LogP contribution in [0.15, 0.2) is 0 Å². The van der Waals surface area contributed by atoms with Crippen LogP contribution in [0.4, 0.5) is 0 Å². The maximum absolute atomic E-state index is 10.5. The molecule has 2 nitrogen and oxygen atoms in total. The number of nitrogens with one attached hydrogen (secondary N) is 1. The van der Waals surface area contributed by atoms with Crippen molar-refractivity contribution in [2.45, 2.75) is 70.4 Å². The van der Waals surface area contributed by atoms with Gasteiger partial charge in [0.15, 0.2) is 0 Å². The van der Waals surface area contributed by atoms with Crippen LogP contribution in [-0.2, 0) is 0 Å². The van der Waals surface area contributed by atoms with Gasteiger partial charge in [0.1, 0.15) is 0 Å². The lowest BCUT2D eigenvalue weighted by Crippen LogP contribution is -2.47. The third kappa shape index (κ3) is 3.21. The molecular formula is C14H27NO. The van der Waals surface area contributed by atoms with Crippen LogP contribution in [0.2, 0.25) is 0 Å². The summed E-state index contributed by atoms with van der Waals surface area (Å²) in [4.78, 5) is 0. The van der Waals surface area contributed by atoms with E-state index in [0.717, 1.165) is 31.2 Å². The van der Waals surface area contributed by atoms with Crippen LogP contribution in [0.25, 0.3) is 0 Å². The minimum absolute atomic E-state index is 0.408. The first-order valence-electron chi connectivity index (χ1n) is 7.09. The van der Waals surface area contributed by atoms with E-state index in [1.807, 2.05) is 0 Å². The molecular weight excluding hydrogens is 198 g/mol. The summed E-state index contributed by atoms with van der Waals surface area (Å²) in [5, 5.41) is 14.1. The standard InChI is InChI=1S/C14H27NO/c1-3-13(12-4-5-12)15-10-14(16)8-6-11(2)7-9-14/h11-13,15-16H,3-10H2,1-2H3. The molecule has 2 aliphatic rings. The summed E-state index contributed by atoms with van der Waals surface area (Å²) in [5.74, 6) is 1.71. The minimum atomic E-state index is -0.408. The van der Waals surface area contributed by atoms with E-state index >= 15 is 0 Å². The van der Waals surface area contributed by atoms with E-state index in [-0.39, 0.29) is 0 Å². The molecule has 2 saturated carbocycles. The summed E-state index contributed by atoms with van der Waals surface area (Å²) >= 11 is 0. The maximum atomic E-state index is 10.5. The quantitative estimate of drug-likeness (QED) is 0.754. The van der Waals surface area contributed by atoms with E-state index in [1.165, 1.54) is 32.1 Å². The van der Waals surface area contributed by atoms with Gasteiger partial charge in [0, 0.05) is 12.6 Å². The molecule has 2 rings (SSSR count). The topological polar surface area (TPSA) is 32.3 Å². The first-order valence-corrected chi connectivity index (χ1v) is 7.09. The molecule has 0 bridgehead atoms. The molecule has 0 aromatic heterocycles. The molecule has 0 amide bonds. The smallest absolute Gasteiger partial charge is 0.0771 e. The molecule has 0 aromatic rings. The number of hydrogen-bond acceptors (Lipinski definition) is 2. The third-order valence-corrected chi connectivity index (χ3v) is 4.53. The van der Waals surface area contributed by atoms with Crippen molar-refractivity contribution in [2.75, 3.05) is 6.54 Å². The van der Waals surface area contributed by atoms with Gasteiger partial charge in [-0.05, 0) is 56.8 Å². The van der Waals surface area contributed by atoms with Crippen LogP contribution in [0.1, 0.15) is 58.8 Å². The molecule has 0 aromatic carbocycles. The van der Waals surface area contributed by atoms with E-state index in [1.54, 1.807) is 0 Å². The van der Waals surface area contributed by atoms with Crippen molar-refractivity contribution in [2.24, 2.45) is 11.8 Å². The van der Waals surface area contributed by atoms with Crippen molar-refractivity contribution in [3.05, 3.63) is 0 Å². The lowest BCUT2D eigenvalue weighted by atomic mass is 9.79. The zero-order valence-corrected chi connectivity index (χ0v) is 10.8. The van der Waals surface area contributed by atoms with Crippen LogP contribution in [0, 0.1) is 11.8 Å². The van der Waals surface area contributed by atoms with E-state index in [2.05, 4.69) is 19.2 Å². The number of aliphatic hydroxyl groups is 1. The second kappa shape index (κ2) is 5.05. The molecule has 2 N–H and O–H groups in total. The van der Waals surface area contributed by atoms with Crippen molar-refractivity contribution in [1.29, 1.82) is 0 Å². The van der Waals surface area contributed by atoms with Gasteiger partial charge >= 0.3 is 0 Å². The van der Waals surface area contributed by atoms with Gasteiger partial charge < -0.3 is 10.4 Å². The van der Waals surface area contributed by atoms with Gasteiger partial charge in [-0.3, -0.25) is 0 Å². The van der Waals surface area contributed by atoms with Crippen molar-refractivity contribution in [3.8, 4) is 0 Å². The lowest BCUT2D eigenvalue weighted by Gasteiger charge is -2.36. The Kier molecular flexibility index (Phi) is 3.91. The average Bonchev–Trinajstić information content (AvgIpc) is 3.08. The Labute approximate surface area is 99.8 Å². The molecule has 0 radical (unpaired) electrons. The van der Waals surface area contributed by atoms with Gasteiger partial charge in [-0.15, -0.1) is 0 Å². The van der Waals surface area contributed by atoms with E-state index in [9.17, 15) is 5.11 Å². The first-order chi connectivity index (χ1) is 7.63. The van der Waals surface area contributed by atoms with Gasteiger partial charge in [0.05, 0.1) is 5.60 Å². The highest BCUT2D eigenvalue weighted by Gasteiger charge is 2.35. The Bertz CT molecular complexity index is 217. The monoisotopic (exact) mass is 225 g/mol. The highest BCUT2D eigenvalue weighted by molar-refractivity contribution is 4.91. The van der Waals surface area contributed by atoms with Crippen molar-refractivity contribution in [3.63, 3.8) is 0 Å². The molecule has 16 heavy (non-hydrogen) atoms. The van der Waals surface area contributed by atoms with Crippen LogP contribution < -0.4 is 5.32 Å². The number of hydrogen-bond donors (Lipinski definition) is 2. The molecule has 2 aliphatic carbocycles. The first kappa shape index (κ1) is 12.4. The summed E-state index contributed by atoms with van der Waals surface area (Å²) in [6.45, 7) is 5.36. The van der Waals surface area contributed by atoms with Crippen LogP contribution in [-0.4, -0.2) is 23.3 Å². The normalized spacial score (nSPS) is 37.3. The second-order valence-corrected chi connectivity index (χ2v) is 6.14. The van der Waals surface area contributed by atoms with Gasteiger partial charge in [-0.25, -0.2) is 0 Å². The Balaban J connectivity index is 1.75. The fourth-order valence-corrected chi connectivity index (χ4v) is 2.94. The zero-order chi connectivity index (χ0) is 11.6. The number of rotatable bonds is 5. The van der Waals surface area contributed by atoms with Crippen molar-refractivity contribution < 1.29 is 5.11 Å². The zero-order valence-electron chi connectivity index (χ0n) is 10.8. The molecule has 0 saturated heterocycles. The predicted molar refractivity (Wildman–Crippen MR) is 67.4 cm³/mol. The van der Waals surface area contributed by atoms with Gasteiger partial charge in [0.25, 0.3) is 0 Å². The van der Waals surface area contributed by atoms with Gasteiger partial charge in [-0.1, -0.05) is 13.8 Å². The average molecular weight is 225 g/mol. The van der Waals surface area contributed by atoms with Gasteiger partial charge in [0.2, 0.25) is 0 Å². The largest absolute Gasteiger partial charge is 0.389 e. The molecule has 1 unspecified atom stereocenters. The van der Waals surface area contributed by atoms with Gasteiger partial charge in [-0.2, -0.15) is 0 Å². The summed E-state index contributed by atoms with van der Waals surface area (Å²) in [7, 11) is 0. The highest BCUT2D eigenvalue weighted by Crippen LogP contribution is 2.35. The van der Waals surface area contributed by atoms with E-state index in [4.69, 9.17) is 0 Å². The molecule has 0 heterocycles. The summed E-state index contributed by atoms with van der Waals surface area (Å²) < 4.78 is 0. The van der Waals surface area contributed by atoms with Crippen LogP contribution in [0.5, 0.6) is 0 Å².